The van der Waals surface area contributed by atoms with Gasteiger partial charge < -0.3 is 14.8 Å². The fourth-order valence-corrected chi connectivity index (χ4v) is 2.84. The van der Waals surface area contributed by atoms with Crippen molar-refractivity contribution in [3.8, 4) is 5.75 Å². The molecule has 112 valence electrons. The van der Waals surface area contributed by atoms with Gasteiger partial charge in [-0.05, 0) is 49.4 Å². The van der Waals surface area contributed by atoms with Crippen LogP contribution in [0.5, 0.6) is 5.75 Å². The van der Waals surface area contributed by atoms with E-state index in [2.05, 4.69) is 12.2 Å². The molecule has 0 aliphatic carbocycles. The van der Waals surface area contributed by atoms with E-state index in [9.17, 15) is 4.39 Å². The lowest BCUT2D eigenvalue weighted by atomic mass is 9.89. The molecule has 0 saturated carbocycles. The summed E-state index contributed by atoms with van der Waals surface area (Å²) in [5.41, 5.74) is 1.000. The summed E-state index contributed by atoms with van der Waals surface area (Å²) in [4.78, 5) is 0. The highest BCUT2D eigenvalue weighted by Crippen LogP contribution is 2.23. The number of rotatable bonds is 6. The Morgan fingerprint density at radius 2 is 2.35 bits per heavy atom. The number of benzene rings is 1. The average Bonchev–Trinajstić information content (AvgIpc) is 2.48. The third kappa shape index (κ3) is 3.93. The molecule has 1 aromatic carbocycles. The summed E-state index contributed by atoms with van der Waals surface area (Å²) in [6.07, 6.45) is 3.11. The Labute approximate surface area is 120 Å². The quantitative estimate of drug-likeness (QED) is 0.869. The summed E-state index contributed by atoms with van der Waals surface area (Å²) in [7, 11) is 1.49. The van der Waals surface area contributed by atoms with Crippen LogP contribution in [-0.2, 0) is 11.2 Å². The molecule has 1 aliphatic heterocycles. The zero-order chi connectivity index (χ0) is 14.4. The van der Waals surface area contributed by atoms with Gasteiger partial charge in [-0.3, -0.25) is 0 Å². The van der Waals surface area contributed by atoms with Gasteiger partial charge in [0.05, 0.1) is 13.7 Å². The van der Waals surface area contributed by atoms with Gasteiger partial charge in [-0.1, -0.05) is 13.0 Å². The van der Waals surface area contributed by atoms with Crippen LogP contribution >= 0.6 is 0 Å². The Morgan fingerprint density at radius 1 is 1.50 bits per heavy atom. The molecule has 20 heavy (non-hydrogen) atoms. The summed E-state index contributed by atoms with van der Waals surface area (Å²) in [5, 5.41) is 3.52. The van der Waals surface area contributed by atoms with Crippen LogP contribution in [0.1, 0.15) is 25.3 Å². The van der Waals surface area contributed by atoms with Crippen molar-refractivity contribution in [2.45, 2.75) is 32.2 Å². The third-order valence-electron chi connectivity index (χ3n) is 3.90. The molecule has 1 fully saturated rings. The molecule has 1 saturated heterocycles. The van der Waals surface area contributed by atoms with E-state index in [0.717, 1.165) is 38.2 Å². The molecular weight excluding hydrogens is 257 g/mol. The lowest BCUT2D eigenvalue weighted by Gasteiger charge is -2.31. The number of hydrogen-bond donors (Lipinski definition) is 1. The van der Waals surface area contributed by atoms with Crippen molar-refractivity contribution in [2.24, 2.45) is 5.92 Å². The van der Waals surface area contributed by atoms with E-state index in [1.807, 2.05) is 6.07 Å². The molecule has 3 nitrogen and oxygen atoms in total. The molecule has 2 rings (SSSR count). The SMILES string of the molecule is CCNC(Cc1ccc(OC)c(F)c1)C1CCCOC1. The molecule has 4 heteroatoms. The van der Waals surface area contributed by atoms with Gasteiger partial charge in [-0.25, -0.2) is 4.39 Å². The minimum absolute atomic E-state index is 0.292. The van der Waals surface area contributed by atoms with Gasteiger partial charge in [0.2, 0.25) is 0 Å². The van der Waals surface area contributed by atoms with Crippen molar-refractivity contribution < 1.29 is 13.9 Å². The number of likely N-dealkylation sites (N-methyl/N-ethyl adjacent to an activating group) is 1. The molecule has 0 radical (unpaired) electrons. The lowest BCUT2D eigenvalue weighted by molar-refractivity contribution is 0.0396. The molecule has 0 spiro atoms. The van der Waals surface area contributed by atoms with Gasteiger partial charge in [0.25, 0.3) is 0 Å². The van der Waals surface area contributed by atoms with E-state index in [4.69, 9.17) is 9.47 Å². The van der Waals surface area contributed by atoms with Gasteiger partial charge in [0.15, 0.2) is 11.6 Å². The normalized spacial score (nSPS) is 20.6. The van der Waals surface area contributed by atoms with Crippen LogP contribution in [0.15, 0.2) is 18.2 Å². The largest absolute Gasteiger partial charge is 0.494 e. The Hall–Kier alpha value is -1.13. The summed E-state index contributed by atoms with van der Waals surface area (Å²) in [6, 6.07) is 5.56. The third-order valence-corrected chi connectivity index (χ3v) is 3.90. The van der Waals surface area contributed by atoms with E-state index in [-0.39, 0.29) is 5.82 Å². The first-order chi connectivity index (χ1) is 9.74. The van der Waals surface area contributed by atoms with Gasteiger partial charge in [0, 0.05) is 12.6 Å². The zero-order valence-electron chi connectivity index (χ0n) is 12.3. The number of methoxy groups -OCH3 is 1. The summed E-state index contributed by atoms with van der Waals surface area (Å²) in [6.45, 7) is 4.69. The van der Waals surface area contributed by atoms with Crippen LogP contribution in [0.25, 0.3) is 0 Å². The first-order valence-corrected chi connectivity index (χ1v) is 7.38. The zero-order valence-corrected chi connectivity index (χ0v) is 12.3. The molecule has 2 atom stereocenters. The molecule has 1 aromatic rings. The molecule has 1 N–H and O–H groups in total. The van der Waals surface area contributed by atoms with E-state index < -0.39 is 0 Å². The van der Waals surface area contributed by atoms with Gasteiger partial charge in [0.1, 0.15) is 0 Å². The van der Waals surface area contributed by atoms with Crippen molar-refractivity contribution >= 4 is 0 Å². The topological polar surface area (TPSA) is 30.5 Å². The number of nitrogens with one attached hydrogen (secondary N) is 1. The maximum atomic E-state index is 13.8. The Bertz CT molecular complexity index is 419. The average molecular weight is 281 g/mol. The van der Waals surface area contributed by atoms with E-state index in [0.29, 0.717) is 17.7 Å². The molecule has 0 aromatic heterocycles. The Kier molecular flexibility index (Phi) is 5.80. The van der Waals surface area contributed by atoms with Crippen molar-refractivity contribution in [3.05, 3.63) is 29.6 Å². The summed E-state index contributed by atoms with van der Waals surface area (Å²) < 4.78 is 24.3. The van der Waals surface area contributed by atoms with Crippen molar-refractivity contribution in [3.63, 3.8) is 0 Å². The first-order valence-electron chi connectivity index (χ1n) is 7.38. The van der Waals surface area contributed by atoms with Crippen molar-refractivity contribution in [1.29, 1.82) is 0 Å². The maximum absolute atomic E-state index is 13.8. The predicted octanol–water partition coefficient (Wildman–Crippen LogP) is 2.78. The Morgan fingerprint density at radius 3 is 2.95 bits per heavy atom. The predicted molar refractivity (Wildman–Crippen MR) is 77.7 cm³/mol. The number of halogens is 1. The van der Waals surface area contributed by atoms with Crippen LogP contribution in [-0.4, -0.2) is 32.9 Å². The summed E-state index contributed by atoms with van der Waals surface area (Å²) >= 11 is 0. The molecular formula is C16H24FNO2. The lowest BCUT2D eigenvalue weighted by Crippen LogP contribution is -2.41. The van der Waals surface area contributed by atoms with Crippen LogP contribution < -0.4 is 10.1 Å². The highest BCUT2D eigenvalue weighted by Gasteiger charge is 2.24. The second-order valence-corrected chi connectivity index (χ2v) is 5.31. The molecule has 1 heterocycles. The highest BCUT2D eigenvalue weighted by molar-refractivity contribution is 5.29. The Balaban J connectivity index is 2.04. The van der Waals surface area contributed by atoms with Crippen LogP contribution in [0.4, 0.5) is 4.39 Å². The van der Waals surface area contributed by atoms with E-state index >= 15 is 0 Å². The van der Waals surface area contributed by atoms with Crippen molar-refractivity contribution in [1.82, 2.24) is 5.32 Å². The fraction of sp³-hybridized carbons (Fsp3) is 0.625. The molecule has 1 aliphatic rings. The minimum Gasteiger partial charge on any atom is -0.494 e. The smallest absolute Gasteiger partial charge is 0.165 e. The second kappa shape index (κ2) is 7.60. The monoisotopic (exact) mass is 281 g/mol. The fourth-order valence-electron chi connectivity index (χ4n) is 2.84. The second-order valence-electron chi connectivity index (χ2n) is 5.31. The molecule has 2 unspecified atom stereocenters. The van der Waals surface area contributed by atoms with Gasteiger partial charge in [-0.2, -0.15) is 0 Å². The van der Waals surface area contributed by atoms with Crippen LogP contribution in [0.2, 0.25) is 0 Å². The minimum atomic E-state index is -0.292. The highest BCUT2D eigenvalue weighted by atomic mass is 19.1. The molecule has 0 amide bonds. The summed E-state index contributed by atoms with van der Waals surface area (Å²) in [5.74, 6) is 0.517. The van der Waals surface area contributed by atoms with Gasteiger partial charge >= 0.3 is 0 Å². The van der Waals surface area contributed by atoms with Gasteiger partial charge in [-0.15, -0.1) is 0 Å². The standard InChI is InChI=1S/C16H24FNO2/c1-3-18-15(13-5-4-8-20-11-13)10-12-6-7-16(19-2)14(17)9-12/h6-7,9,13,15,18H,3-5,8,10-11H2,1-2H3. The van der Waals surface area contributed by atoms with E-state index in [1.165, 1.54) is 13.5 Å². The van der Waals surface area contributed by atoms with E-state index in [1.54, 1.807) is 12.1 Å². The van der Waals surface area contributed by atoms with Crippen molar-refractivity contribution in [2.75, 3.05) is 26.9 Å². The number of ether oxygens (including phenoxy) is 2. The van der Waals surface area contributed by atoms with Crippen LogP contribution in [0.3, 0.4) is 0 Å². The first kappa shape index (κ1) is 15.3. The number of hydrogen-bond acceptors (Lipinski definition) is 3. The van der Waals surface area contributed by atoms with Crippen LogP contribution in [0, 0.1) is 11.7 Å². The maximum Gasteiger partial charge on any atom is 0.165 e. The molecule has 0 bridgehead atoms.